The Hall–Kier alpha value is -2.82. The predicted molar refractivity (Wildman–Crippen MR) is 156 cm³/mol. The lowest BCUT2D eigenvalue weighted by Gasteiger charge is -2.36. The van der Waals surface area contributed by atoms with Gasteiger partial charge in [-0.05, 0) is 80.0 Å². The molecule has 5 nitrogen and oxygen atoms in total. The lowest BCUT2D eigenvalue weighted by molar-refractivity contribution is -0.116. The van der Waals surface area contributed by atoms with E-state index in [-0.39, 0.29) is 11.8 Å². The van der Waals surface area contributed by atoms with Gasteiger partial charge in [-0.25, -0.2) is 0 Å². The second-order valence-electron chi connectivity index (χ2n) is 12.1. The minimum absolute atomic E-state index is 0.0663. The van der Waals surface area contributed by atoms with Crippen molar-refractivity contribution in [2.75, 3.05) is 36.4 Å². The molecule has 0 atom stereocenters. The van der Waals surface area contributed by atoms with Crippen molar-refractivity contribution in [3.8, 4) is 0 Å². The summed E-state index contributed by atoms with van der Waals surface area (Å²) in [5.41, 5.74) is 3.93. The molecule has 5 heteroatoms. The number of hydrogen-bond acceptors (Lipinski definition) is 3. The molecule has 2 heterocycles. The van der Waals surface area contributed by atoms with Crippen molar-refractivity contribution in [2.45, 2.75) is 77.6 Å². The Morgan fingerprint density at radius 3 is 2.26 bits per heavy atom. The topological polar surface area (TPSA) is 52.7 Å². The molecule has 3 fully saturated rings. The van der Waals surface area contributed by atoms with Crippen molar-refractivity contribution in [1.82, 2.24) is 4.90 Å². The van der Waals surface area contributed by atoms with Crippen LogP contribution in [0.2, 0.25) is 0 Å². The molecule has 0 spiro atoms. The van der Waals surface area contributed by atoms with Crippen LogP contribution in [0.3, 0.4) is 0 Å². The highest BCUT2D eigenvalue weighted by molar-refractivity contribution is 6.02. The fourth-order valence-electron chi connectivity index (χ4n) is 6.63. The molecule has 2 amide bonds. The summed E-state index contributed by atoms with van der Waals surface area (Å²) in [4.78, 5) is 31.0. The second-order valence-corrected chi connectivity index (χ2v) is 12.1. The zero-order chi connectivity index (χ0) is 26.3. The average Bonchev–Trinajstić information content (AvgIpc) is 3.47. The molecule has 0 bridgehead atoms. The van der Waals surface area contributed by atoms with E-state index in [0.717, 1.165) is 81.6 Å². The Balaban J connectivity index is 1.27. The summed E-state index contributed by atoms with van der Waals surface area (Å²) >= 11 is 0. The van der Waals surface area contributed by atoms with E-state index in [1.165, 1.54) is 31.2 Å². The summed E-state index contributed by atoms with van der Waals surface area (Å²) in [7, 11) is 0. The number of rotatable bonds is 8. The van der Waals surface area contributed by atoms with Crippen LogP contribution >= 0.6 is 0 Å². The summed E-state index contributed by atoms with van der Waals surface area (Å²) in [6.45, 7) is 5.82. The summed E-state index contributed by atoms with van der Waals surface area (Å²) in [5, 5.41) is 3.11. The number of piperidine rings is 2. The van der Waals surface area contributed by atoms with Gasteiger partial charge >= 0.3 is 0 Å². The first-order valence-electron chi connectivity index (χ1n) is 15.1. The van der Waals surface area contributed by atoms with Crippen LogP contribution in [0.5, 0.6) is 0 Å². The molecule has 5 rings (SSSR count). The molecule has 0 unspecified atom stereocenters. The number of likely N-dealkylation sites (tertiary alicyclic amines) is 1. The van der Waals surface area contributed by atoms with Crippen LogP contribution in [-0.2, 0) is 11.2 Å². The van der Waals surface area contributed by atoms with E-state index < -0.39 is 0 Å². The quantitative estimate of drug-likeness (QED) is 0.415. The number of carbonyl (C=O) groups excluding carboxylic acids is 2. The standard InChI is InChI=1S/C33H45N3O2/c1-25-15-19-36(20-16-25)33(38)30-24-29(34-32(37)14-11-26-7-5-6-8-26)12-13-31(30)35-21-17-28(18-22-35)23-27-9-3-2-4-10-27/h2-4,9-10,12-13,24-26,28H,5-8,11,14-23H2,1H3,(H,34,37). The zero-order valence-electron chi connectivity index (χ0n) is 23.2. The average molecular weight is 516 g/mol. The molecule has 2 aromatic rings. The Kier molecular flexibility index (Phi) is 9.03. The van der Waals surface area contributed by atoms with Gasteiger partial charge in [0.15, 0.2) is 0 Å². The fraction of sp³-hybridized carbons (Fsp3) is 0.576. The van der Waals surface area contributed by atoms with Crippen molar-refractivity contribution >= 4 is 23.2 Å². The monoisotopic (exact) mass is 515 g/mol. The van der Waals surface area contributed by atoms with Crippen LogP contribution in [0.4, 0.5) is 11.4 Å². The van der Waals surface area contributed by atoms with E-state index in [9.17, 15) is 9.59 Å². The summed E-state index contributed by atoms with van der Waals surface area (Å²) in [6.07, 6.45) is 12.2. The molecular weight excluding hydrogens is 470 g/mol. The fourth-order valence-corrected chi connectivity index (χ4v) is 6.63. The summed E-state index contributed by atoms with van der Waals surface area (Å²) < 4.78 is 0. The Bertz CT molecular complexity index is 1060. The van der Waals surface area contributed by atoms with Gasteiger partial charge in [0.1, 0.15) is 0 Å². The smallest absolute Gasteiger partial charge is 0.256 e. The van der Waals surface area contributed by atoms with Crippen molar-refractivity contribution in [3.05, 3.63) is 59.7 Å². The van der Waals surface area contributed by atoms with Crippen LogP contribution in [-0.4, -0.2) is 42.9 Å². The van der Waals surface area contributed by atoms with E-state index in [2.05, 4.69) is 53.5 Å². The molecule has 3 aliphatic rings. The second kappa shape index (κ2) is 12.8. The molecule has 1 N–H and O–H groups in total. The van der Waals surface area contributed by atoms with Gasteiger partial charge in [-0.3, -0.25) is 9.59 Å². The van der Waals surface area contributed by atoms with Crippen LogP contribution in [0.15, 0.2) is 48.5 Å². The normalized spacial score (nSPS) is 19.6. The van der Waals surface area contributed by atoms with Gasteiger partial charge in [-0.2, -0.15) is 0 Å². The molecular formula is C33H45N3O2. The molecule has 1 aliphatic carbocycles. The molecule has 2 aromatic carbocycles. The number of carbonyl (C=O) groups is 2. The maximum atomic E-state index is 13.8. The lowest BCUT2D eigenvalue weighted by Crippen LogP contribution is -2.40. The first-order valence-corrected chi connectivity index (χ1v) is 15.1. The zero-order valence-corrected chi connectivity index (χ0v) is 23.2. The highest BCUT2D eigenvalue weighted by atomic mass is 16.2. The highest BCUT2D eigenvalue weighted by Crippen LogP contribution is 2.32. The van der Waals surface area contributed by atoms with Crippen molar-refractivity contribution in [3.63, 3.8) is 0 Å². The van der Waals surface area contributed by atoms with Gasteiger partial charge in [0, 0.05) is 44.0 Å². The van der Waals surface area contributed by atoms with Crippen LogP contribution in [0.25, 0.3) is 0 Å². The maximum Gasteiger partial charge on any atom is 0.256 e. The largest absolute Gasteiger partial charge is 0.371 e. The molecule has 2 aliphatic heterocycles. The van der Waals surface area contributed by atoms with E-state index in [4.69, 9.17) is 0 Å². The van der Waals surface area contributed by atoms with E-state index in [1.54, 1.807) is 0 Å². The highest BCUT2D eigenvalue weighted by Gasteiger charge is 2.28. The maximum absolute atomic E-state index is 13.8. The number of nitrogens with zero attached hydrogens (tertiary/aromatic N) is 2. The van der Waals surface area contributed by atoms with Gasteiger partial charge in [-0.1, -0.05) is 62.9 Å². The first kappa shape index (κ1) is 26.8. The van der Waals surface area contributed by atoms with Crippen molar-refractivity contribution in [2.24, 2.45) is 17.8 Å². The molecule has 2 saturated heterocycles. The Morgan fingerprint density at radius 2 is 1.55 bits per heavy atom. The number of benzene rings is 2. The number of hydrogen-bond donors (Lipinski definition) is 1. The minimum Gasteiger partial charge on any atom is -0.371 e. The third kappa shape index (κ3) is 6.98. The van der Waals surface area contributed by atoms with Crippen LogP contribution in [0, 0.1) is 17.8 Å². The molecule has 0 aromatic heterocycles. The molecule has 1 saturated carbocycles. The van der Waals surface area contributed by atoms with Gasteiger partial charge in [0.05, 0.1) is 5.56 Å². The number of amides is 2. The van der Waals surface area contributed by atoms with E-state index in [0.29, 0.717) is 24.2 Å². The lowest BCUT2D eigenvalue weighted by atomic mass is 9.89. The molecule has 38 heavy (non-hydrogen) atoms. The van der Waals surface area contributed by atoms with Gasteiger partial charge in [-0.15, -0.1) is 0 Å². The van der Waals surface area contributed by atoms with Crippen molar-refractivity contribution < 1.29 is 9.59 Å². The Labute approximate surface area is 229 Å². The summed E-state index contributed by atoms with van der Waals surface area (Å²) in [6, 6.07) is 16.8. The van der Waals surface area contributed by atoms with Crippen LogP contribution in [0.1, 0.15) is 87.1 Å². The number of anilines is 2. The molecule has 204 valence electrons. The Morgan fingerprint density at radius 1 is 0.842 bits per heavy atom. The van der Waals surface area contributed by atoms with Gasteiger partial charge in [0.2, 0.25) is 5.91 Å². The van der Waals surface area contributed by atoms with E-state index in [1.807, 2.05) is 17.0 Å². The predicted octanol–water partition coefficient (Wildman–Crippen LogP) is 6.93. The summed E-state index contributed by atoms with van der Waals surface area (Å²) in [5.74, 6) is 2.23. The third-order valence-electron chi connectivity index (χ3n) is 9.16. The van der Waals surface area contributed by atoms with E-state index >= 15 is 0 Å². The first-order chi connectivity index (χ1) is 18.5. The minimum atomic E-state index is 0.0663. The number of nitrogens with one attached hydrogen (secondary N) is 1. The van der Waals surface area contributed by atoms with Gasteiger partial charge in [0.25, 0.3) is 5.91 Å². The van der Waals surface area contributed by atoms with Gasteiger partial charge < -0.3 is 15.1 Å². The van der Waals surface area contributed by atoms with Crippen LogP contribution < -0.4 is 10.2 Å². The molecule has 0 radical (unpaired) electrons. The third-order valence-corrected chi connectivity index (χ3v) is 9.16. The van der Waals surface area contributed by atoms with Crippen molar-refractivity contribution in [1.29, 1.82) is 0 Å². The SMILES string of the molecule is CC1CCN(C(=O)c2cc(NC(=O)CCC3CCCC3)ccc2N2CCC(Cc3ccccc3)CC2)CC1.